The van der Waals surface area contributed by atoms with Crippen LogP contribution in [-0.4, -0.2) is 48.3 Å². The highest BCUT2D eigenvalue weighted by Gasteiger charge is 2.35. The molecule has 2 rings (SSSR count). The molecule has 1 aliphatic rings. The Hall–Kier alpha value is -1.65. The first kappa shape index (κ1) is 18.7. The smallest absolute Gasteiger partial charge is 0.446 e. The summed E-state index contributed by atoms with van der Waals surface area (Å²) in [5, 5.41) is 8.69. The molecule has 0 bridgehead atoms. The molecule has 0 spiro atoms. The van der Waals surface area contributed by atoms with Crippen molar-refractivity contribution in [1.82, 2.24) is 10.4 Å². The number of ether oxygens (including phenoxy) is 2. The highest BCUT2D eigenvalue weighted by Crippen LogP contribution is 2.46. The molecule has 0 radical (unpaired) electrons. The Kier molecular flexibility index (Phi) is 5.83. The molecule has 2 N–H and O–H groups in total. The van der Waals surface area contributed by atoms with Crippen LogP contribution >= 0.6 is 11.8 Å². The molecule has 1 aromatic carbocycles. The van der Waals surface area contributed by atoms with Gasteiger partial charge in [-0.25, -0.2) is 5.48 Å². The molecule has 1 saturated heterocycles. The fraction of sp³-hybridized carbons (Fsp3) is 0.500. The van der Waals surface area contributed by atoms with Gasteiger partial charge in [0.05, 0.1) is 25.2 Å². The number of amides is 1. The lowest BCUT2D eigenvalue weighted by molar-refractivity contribution is -0.139. The summed E-state index contributed by atoms with van der Waals surface area (Å²) >= 11 is -0.283. The molecule has 1 heterocycles. The minimum Gasteiger partial charge on any atom is -0.493 e. The van der Waals surface area contributed by atoms with Crippen LogP contribution < -0.4 is 15.0 Å². The summed E-state index contributed by atoms with van der Waals surface area (Å²) in [6.45, 7) is 0.859. The average molecular weight is 366 g/mol. The number of nitrogens with zero attached hydrogens (tertiary/aromatic N) is 1. The number of methoxy groups -OCH3 is 2. The van der Waals surface area contributed by atoms with Crippen LogP contribution in [0.4, 0.5) is 13.2 Å². The van der Waals surface area contributed by atoms with E-state index >= 15 is 0 Å². The van der Waals surface area contributed by atoms with Gasteiger partial charge >= 0.3 is 5.51 Å². The van der Waals surface area contributed by atoms with Gasteiger partial charge in [0.15, 0.2) is 11.5 Å². The maximum absolute atomic E-state index is 12.8. The molecule has 1 aliphatic heterocycles. The Morgan fingerprint density at radius 2 is 2.12 bits per heavy atom. The van der Waals surface area contributed by atoms with Gasteiger partial charge in [-0.05, 0) is 35.9 Å². The van der Waals surface area contributed by atoms with E-state index in [9.17, 15) is 18.0 Å². The molecule has 6 nitrogen and oxygen atoms in total. The zero-order valence-corrected chi connectivity index (χ0v) is 13.8. The second-order valence-corrected chi connectivity index (χ2v) is 6.24. The van der Waals surface area contributed by atoms with Crippen molar-refractivity contribution in [1.29, 1.82) is 0 Å². The van der Waals surface area contributed by atoms with Crippen molar-refractivity contribution in [3.05, 3.63) is 17.7 Å². The molecular weight excluding hydrogens is 349 g/mol. The van der Waals surface area contributed by atoms with Crippen LogP contribution in [-0.2, 0) is 11.3 Å². The van der Waals surface area contributed by atoms with Crippen LogP contribution in [0.1, 0.15) is 12.0 Å². The summed E-state index contributed by atoms with van der Waals surface area (Å²) in [5.41, 5.74) is -2.33. The molecule has 0 aromatic heterocycles. The van der Waals surface area contributed by atoms with Gasteiger partial charge in [0.2, 0.25) is 0 Å². The average Bonchev–Trinajstić information content (AvgIpc) is 2.49. The molecule has 1 amide bonds. The summed E-state index contributed by atoms with van der Waals surface area (Å²) < 4.78 is 48.4. The number of carbonyl (C=O) groups is 1. The number of nitrogens with one attached hydrogen (secondary N) is 1. The van der Waals surface area contributed by atoms with Gasteiger partial charge in [-0.2, -0.15) is 13.2 Å². The van der Waals surface area contributed by atoms with Crippen molar-refractivity contribution in [2.24, 2.45) is 0 Å². The molecule has 10 heteroatoms. The van der Waals surface area contributed by atoms with Gasteiger partial charge in [0.1, 0.15) is 0 Å². The minimum absolute atomic E-state index is 0.0110. The lowest BCUT2D eigenvalue weighted by atomic mass is 10.0. The Morgan fingerprint density at radius 1 is 1.42 bits per heavy atom. The molecule has 1 fully saturated rings. The van der Waals surface area contributed by atoms with Crippen LogP contribution in [0.15, 0.2) is 17.0 Å². The standard InChI is InChI=1S/C14H17F3N2O4S/c1-22-10-5-8(7-19-4-3-9(19)13(20)18-21)6-11(12(10)23-2)24-14(15,16)17/h5-6,9,21H,3-4,7H2,1-2H3,(H,18,20). The molecular formula is C14H17F3N2O4S. The van der Waals surface area contributed by atoms with E-state index in [1.165, 1.54) is 20.3 Å². The Labute approximate surface area is 140 Å². The van der Waals surface area contributed by atoms with Crippen molar-refractivity contribution in [2.45, 2.75) is 29.4 Å². The van der Waals surface area contributed by atoms with E-state index in [1.807, 2.05) is 0 Å². The fourth-order valence-electron chi connectivity index (χ4n) is 2.51. The third kappa shape index (κ3) is 4.25. The summed E-state index contributed by atoms with van der Waals surface area (Å²) in [5.74, 6) is -0.339. The van der Waals surface area contributed by atoms with Crippen molar-refractivity contribution in [2.75, 3.05) is 20.8 Å². The molecule has 1 aromatic rings. The predicted octanol–water partition coefficient (Wildman–Crippen LogP) is 2.40. The number of rotatable bonds is 6. The Morgan fingerprint density at radius 3 is 2.58 bits per heavy atom. The molecule has 0 aliphatic carbocycles. The monoisotopic (exact) mass is 366 g/mol. The largest absolute Gasteiger partial charge is 0.493 e. The van der Waals surface area contributed by atoms with Gasteiger partial charge in [-0.15, -0.1) is 0 Å². The summed E-state index contributed by atoms with van der Waals surface area (Å²) in [6.07, 6.45) is 0.573. The quantitative estimate of drug-likeness (QED) is 0.458. The lowest BCUT2D eigenvalue weighted by Gasteiger charge is -2.39. The topological polar surface area (TPSA) is 71.0 Å². The van der Waals surface area contributed by atoms with Crippen molar-refractivity contribution in [3.63, 3.8) is 0 Å². The predicted molar refractivity (Wildman–Crippen MR) is 80.2 cm³/mol. The molecule has 134 valence electrons. The van der Waals surface area contributed by atoms with Crippen LogP contribution in [0.5, 0.6) is 11.5 Å². The number of carbonyl (C=O) groups excluding carboxylic acids is 1. The second-order valence-electron chi connectivity index (χ2n) is 5.13. The molecule has 0 saturated carbocycles. The van der Waals surface area contributed by atoms with E-state index < -0.39 is 17.5 Å². The summed E-state index contributed by atoms with van der Waals surface area (Å²) in [7, 11) is 2.62. The Bertz CT molecular complexity index is 612. The number of hydrogen-bond acceptors (Lipinski definition) is 6. The maximum atomic E-state index is 12.8. The highest BCUT2D eigenvalue weighted by molar-refractivity contribution is 8.00. The van der Waals surface area contributed by atoms with E-state index in [4.69, 9.17) is 14.7 Å². The SMILES string of the molecule is COc1cc(CN2CCC2C(=O)NO)cc(SC(F)(F)F)c1OC. The first-order chi connectivity index (χ1) is 11.3. The van der Waals surface area contributed by atoms with Gasteiger partial charge < -0.3 is 9.47 Å². The Balaban J connectivity index is 2.27. The van der Waals surface area contributed by atoms with Crippen LogP contribution in [0, 0.1) is 0 Å². The number of hydrogen-bond donors (Lipinski definition) is 2. The fourth-order valence-corrected chi connectivity index (χ4v) is 3.25. The van der Waals surface area contributed by atoms with E-state index in [0.717, 1.165) is 0 Å². The van der Waals surface area contributed by atoms with E-state index in [1.54, 1.807) is 16.4 Å². The summed E-state index contributed by atoms with van der Waals surface area (Å²) in [6, 6.07) is 2.44. The first-order valence-electron chi connectivity index (χ1n) is 6.97. The summed E-state index contributed by atoms with van der Waals surface area (Å²) in [4.78, 5) is 13.1. The zero-order chi connectivity index (χ0) is 17.9. The van der Waals surface area contributed by atoms with Crippen molar-refractivity contribution < 1.29 is 32.6 Å². The zero-order valence-electron chi connectivity index (χ0n) is 13.0. The van der Waals surface area contributed by atoms with Crippen LogP contribution in [0.3, 0.4) is 0 Å². The second kappa shape index (κ2) is 7.49. The van der Waals surface area contributed by atoms with Gasteiger partial charge in [0, 0.05) is 13.1 Å². The van der Waals surface area contributed by atoms with Crippen LogP contribution in [0.25, 0.3) is 0 Å². The number of thioether (sulfide) groups is 1. The number of benzene rings is 1. The molecule has 1 unspecified atom stereocenters. The van der Waals surface area contributed by atoms with E-state index in [-0.39, 0.29) is 34.7 Å². The third-order valence-electron chi connectivity index (χ3n) is 3.66. The van der Waals surface area contributed by atoms with E-state index in [2.05, 4.69) is 0 Å². The lowest BCUT2D eigenvalue weighted by Crippen LogP contribution is -2.54. The van der Waals surface area contributed by atoms with Crippen LogP contribution in [0.2, 0.25) is 0 Å². The van der Waals surface area contributed by atoms with Crippen molar-refractivity contribution in [3.8, 4) is 11.5 Å². The normalized spacial score (nSPS) is 18.0. The van der Waals surface area contributed by atoms with Gasteiger partial charge in [-0.1, -0.05) is 0 Å². The molecule has 1 atom stereocenters. The number of likely N-dealkylation sites (tertiary alicyclic amines) is 1. The molecule has 24 heavy (non-hydrogen) atoms. The number of hydroxylamine groups is 1. The number of halogens is 3. The number of alkyl halides is 3. The minimum atomic E-state index is -4.47. The maximum Gasteiger partial charge on any atom is 0.446 e. The highest BCUT2D eigenvalue weighted by atomic mass is 32.2. The van der Waals surface area contributed by atoms with Gasteiger partial charge in [-0.3, -0.25) is 14.9 Å². The first-order valence-corrected chi connectivity index (χ1v) is 7.79. The van der Waals surface area contributed by atoms with E-state index in [0.29, 0.717) is 18.5 Å². The van der Waals surface area contributed by atoms with Gasteiger partial charge in [0.25, 0.3) is 5.91 Å². The third-order valence-corrected chi connectivity index (χ3v) is 4.41. The van der Waals surface area contributed by atoms with Crippen molar-refractivity contribution >= 4 is 17.7 Å².